The van der Waals surface area contributed by atoms with Gasteiger partial charge in [-0.25, -0.2) is 4.98 Å². The minimum atomic E-state index is -0.573. The van der Waals surface area contributed by atoms with E-state index in [9.17, 15) is 25.0 Å². The number of hydrogen-bond acceptors (Lipinski definition) is 8. The molecule has 0 saturated heterocycles. The molecule has 0 spiro atoms. The predicted molar refractivity (Wildman–Crippen MR) is 146 cm³/mol. The van der Waals surface area contributed by atoms with Gasteiger partial charge < -0.3 is 4.74 Å². The number of aromatic nitrogens is 2. The number of rotatable bonds is 10. The smallest absolute Gasteiger partial charge is 0.311 e. The Bertz CT molecular complexity index is 1600. The zero-order chi connectivity index (χ0) is 27.2. The minimum Gasteiger partial charge on any atom is -0.482 e. The second-order valence-electron chi connectivity index (χ2n) is 8.35. The lowest BCUT2D eigenvalue weighted by Crippen LogP contribution is -2.22. The van der Waals surface area contributed by atoms with E-state index in [0.29, 0.717) is 34.3 Å². The number of non-ortho nitro benzene ring substituents is 1. The number of unbranched alkanes of at least 4 members (excludes halogenated alkanes) is 1. The number of aryl methyl sites for hydroxylation is 1. The van der Waals surface area contributed by atoms with E-state index in [2.05, 4.69) is 26.0 Å². The molecule has 3 aromatic carbocycles. The first-order chi connectivity index (χ1) is 18.3. The fourth-order valence-electron chi connectivity index (χ4n) is 3.69. The second-order valence-corrected chi connectivity index (χ2v) is 9.27. The Hall–Kier alpha value is -4.45. The zero-order valence-corrected chi connectivity index (χ0v) is 21.8. The highest BCUT2D eigenvalue weighted by Gasteiger charge is 2.17. The van der Waals surface area contributed by atoms with Crippen molar-refractivity contribution >= 4 is 44.4 Å². The van der Waals surface area contributed by atoms with Gasteiger partial charge >= 0.3 is 5.69 Å². The summed E-state index contributed by atoms with van der Waals surface area (Å²) in [4.78, 5) is 39.3. The van der Waals surface area contributed by atoms with E-state index in [0.717, 1.165) is 17.3 Å². The summed E-state index contributed by atoms with van der Waals surface area (Å²) in [6.07, 6.45) is 3.64. The minimum absolute atomic E-state index is 0.0131. The van der Waals surface area contributed by atoms with E-state index in [4.69, 9.17) is 4.74 Å². The maximum atomic E-state index is 13.2. The first kappa shape index (κ1) is 26.6. The monoisotopic (exact) mass is 579 g/mol. The van der Waals surface area contributed by atoms with Crippen molar-refractivity contribution in [2.24, 2.45) is 5.10 Å². The van der Waals surface area contributed by atoms with E-state index in [1.807, 2.05) is 13.0 Å². The van der Waals surface area contributed by atoms with Crippen LogP contribution in [0.3, 0.4) is 0 Å². The van der Waals surface area contributed by atoms with Crippen LogP contribution in [0.5, 0.6) is 5.75 Å². The summed E-state index contributed by atoms with van der Waals surface area (Å²) in [6, 6.07) is 15.3. The molecule has 0 radical (unpaired) electrons. The molecule has 0 aliphatic rings. The summed E-state index contributed by atoms with van der Waals surface area (Å²) in [7, 11) is 0. The van der Waals surface area contributed by atoms with Crippen LogP contribution in [0.2, 0.25) is 0 Å². The average molecular weight is 580 g/mol. The van der Waals surface area contributed by atoms with Gasteiger partial charge in [0.25, 0.3) is 11.2 Å². The normalized spacial score (nSPS) is 11.2. The molecule has 11 nitrogen and oxygen atoms in total. The van der Waals surface area contributed by atoms with Crippen molar-refractivity contribution < 1.29 is 14.6 Å². The SMILES string of the molecule is CCCCc1nc2ccc(Br)cc2c(=O)n1N=Cc1ccc(OCc2ccc([N+](=O)[O-])cc2)c([N+](=O)[O-])c1. The van der Waals surface area contributed by atoms with Crippen LogP contribution in [0, 0.1) is 20.2 Å². The largest absolute Gasteiger partial charge is 0.482 e. The maximum Gasteiger partial charge on any atom is 0.311 e. The molecule has 1 aromatic heterocycles. The Kier molecular flexibility index (Phi) is 8.22. The van der Waals surface area contributed by atoms with Crippen LogP contribution in [-0.2, 0) is 13.0 Å². The van der Waals surface area contributed by atoms with Gasteiger partial charge in [-0.3, -0.25) is 25.0 Å². The van der Waals surface area contributed by atoms with Crippen molar-refractivity contribution in [3.63, 3.8) is 0 Å². The Balaban J connectivity index is 1.62. The highest BCUT2D eigenvalue weighted by molar-refractivity contribution is 9.10. The third-order valence-electron chi connectivity index (χ3n) is 5.67. The number of nitrogens with zero attached hydrogens (tertiary/aromatic N) is 5. The van der Waals surface area contributed by atoms with E-state index in [1.54, 1.807) is 18.2 Å². The first-order valence-corrected chi connectivity index (χ1v) is 12.5. The van der Waals surface area contributed by atoms with Gasteiger partial charge in [-0.05, 0) is 54.4 Å². The predicted octanol–water partition coefficient (Wildman–Crippen LogP) is 5.78. The van der Waals surface area contributed by atoms with Gasteiger partial charge in [0.05, 0.1) is 27.0 Å². The molecule has 1 heterocycles. The second kappa shape index (κ2) is 11.7. The standard InChI is InChI=1S/C26H22BrN5O6/c1-2-3-4-25-29-22-11-8-19(27)14-21(22)26(33)30(25)28-15-18-7-12-24(23(13-18)32(36)37)38-16-17-5-9-20(10-6-17)31(34)35/h5-15H,2-4,16H2,1H3. The van der Waals surface area contributed by atoms with Crippen LogP contribution in [0.25, 0.3) is 10.9 Å². The van der Waals surface area contributed by atoms with Gasteiger partial charge in [-0.15, -0.1) is 0 Å². The van der Waals surface area contributed by atoms with Crippen molar-refractivity contribution in [1.29, 1.82) is 0 Å². The number of nitro benzene ring substituents is 2. The van der Waals surface area contributed by atoms with Crippen LogP contribution >= 0.6 is 15.9 Å². The Morgan fingerprint density at radius 1 is 1.05 bits per heavy atom. The molecule has 194 valence electrons. The quantitative estimate of drug-likeness (QED) is 0.131. The number of halogens is 1. The van der Waals surface area contributed by atoms with Gasteiger partial charge in [-0.1, -0.05) is 29.3 Å². The lowest BCUT2D eigenvalue weighted by Gasteiger charge is -2.09. The molecule has 0 unspecified atom stereocenters. The fraction of sp³-hybridized carbons (Fsp3) is 0.192. The van der Waals surface area contributed by atoms with E-state index >= 15 is 0 Å². The van der Waals surface area contributed by atoms with Crippen molar-refractivity contribution in [2.45, 2.75) is 32.8 Å². The Morgan fingerprint density at radius 3 is 2.50 bits per heavy atom. The van der Waals surface area contributed by atoms with Gasteiger partial charge in [-0.2, -0.15) is 9.78 Å². The third kappa shape index (κ3) is 6.09. The summed E-state index contributed by atoms with van der Waals surface area (Å²) in [5.41, 5.74) is 0.897. The van der Waals surface area contributed by atoms with E-state index in [-0.39, 0.29) is 29.3 Å². The maximum absolute atomic E-state index is 13.2. The molecule has 0 saturated carbocycles. The van der Waals surface area contributed by atoms with Crippen molar-refractivity contribution in [2.75, 3.05) is 0 Å². The van der Waals surface area contributed by atoms with Gasteiger partial charge in [0.15, 0.2) is 5.75 Å². The Morgan fingerprint density at radius 2 is 1.82 bits per heavy atom. The van der Waals surface area contributed by atoms with Crippen LogP contribution in [0.15, 0.2) is 75.0 Å². The summed E-state index contributed by atoms with van der Waals surface area (Å²) in [5.74, 6) is 0.531. The molecule has 0 aliphatic carbocycles. The topological polar surface area (TPSA) is 143 Å². The van der Waals surface area contributed by atoms with E-state index in [1.165, 1.54) is 47.3 Å². The molecule has 0 fully saturated rings. The average Bonchev–Trinajstić information content (AvgIpc) is 2.91. The molecule has 0 atom stereocenters. The highest BCUT2D eigenvalue weighted by Crippen LogP contribution is 2.28. The number of nitro groups is 2. The van der Waals surface area contributed by atoms with Gasteiger partial charge in [0, 0.05) is 34.7 Å². The number of hydrogen-bond donors (Lipinski definition) is 0. The van der Waals surface area contributed by atoms with Crippen LogP contribution in [0.4, 0.5) is 11.4 Å². The van der Waals surface area contributed by atoms with Crippen LogP contribution in [0.1, 0.15) is 36.7 Å². The third-order valence-corrected chi connectivity index (χ3v) is 6.17. The van der Waals surface area contributed by atoms with Gasteiger partial charge in [0.1, 0.15) is 12.4 Å². The molecule has 4 rings (SSSR count). The molecule has 0 N–H and O–H groups in total. The molecule has 38 heavy (non-hydrogen) atoms. The lowest BCUT2D eigenvalue weighted by molar-refractivity contribution is -0.386. The van der Waals surface area contributed by atoms with Crippen molar-refractivity contribution in [3.8, 4) is 5.75 Å². The molecular formula is C26H22BrN5O6. The fourth-order valence-corrected chi connectivity index (χ4v) is 4.05. The summed E-state index contributed by atoms with van der Waals surface area (Å²) in [5, 5.41) is 27.3. The molecule has 0 amide bonds. The number of ether oxygens (including phenoxy) is 1. The van der Waals surface area contributed by atoms with Crippen molar-refractivity contribution in [3.05, 3.63) is 113 Å². The zero-order valence-electron chi connectivity index (χ0n) is 20.2. The molecule has 4 aromatic rings. The molecule has 0 bridgehead atoms. The molecule has 12 heteroatoms. The van der Waals surface area contributed by atoms with Crippen molar-refractivity contribution in [1.82, 2.24) is 9.66 Å². The number of fused-ring (bicyclic) bond motifs is 1. The van der Waals surface area contributed by atoms with Crippen LogP contribution in [-0.4, -0.2) is 25.7 Å². The lowest BCUT2D eigenvalue weighted by atomic mass is 10.2. The Labute approximate surface area is 224 Å². The summed E-state index contributed by atoms with van der Waals surface area (Å²) in [6.45, 7) is 2.02. The van der Waals surface area contributed by atoms with Crippen LogP contribution < -0.4 is 10.3 Å². The first-order valence-electron chi connectivity index (χ1n) is 11.7. The highest BCUT2D eigenvalue weighted by atomic mass is 79.9. The number of benzene rings is 3. The summed E-state index contributed by atoms with van der Waals surface area (Å²) >= 11 is 3.37. The molecular weight excluding hydrogens is 558 g/mol. The summed E-state index contributed by atoms with van der Waals surface area (Å²) < 4.78 is 7.59. The van der Waals surface area contributed by atoms with Gasteiger partial charge in [0.2, 0.25) is 0 Å². The molecule has 0 aliphatic heterocycles. The van der Waals surface area contributed by atoms with E-state index < -0.39 is 9.85 Å².